The van der Waals surface area contributed by atoms with Crippen LogP contribution in [0, 0.1) is 11.7 Å². The molecule has 2 aliphatic rings. The normalized spacial score (nSPS) is 18.0. The summed E-state index contributed by atoms with van der Waals surface area (Å²) in [5.74, 6) is -0.0999. The number of H-pyrrole nitrogens is 1. The van der Waals surface area contributed by atoms with Crippen LogP contribution in [0.15, 0.2) is 24.3 Å². The Morgan fingerprint density at radius 2 is 2.12 bits per heavy atom. The van der Waals surface area contributed by atoms with E-state index in [0.717, 1.165) is 55.5 Å². The van der Waals surface area contributed by atoms with E-state index in [2.05, 4.69) is 20.8 Å². The van der Waals surface area contributed by atoms with Gasteiger partial charge < -0.3 is 10.6 Å². The largest absolute Gasteiger partial charge is 0.344 e. The Labute approximate surface area is 158 Å². The molecule has 1 aromatic carbocycles. The number of hydrogen-bond acceptors (Lipinski definition) is 3. The Bertz CT molecular complexity index is 773. The van der Waals surface area contributed by atoms with Crippen LogP contribution in [0.2, 0.25) is 0 Å². The van der Waals surface area contributed by atoms with Crippen LogP contribution in [-0.4, -0.2) is 22.6 Å². The number of aromatic nitrogens is 2. The zero-order valence-electron chi connectivity index (χ0n) is 14.6. The van der Waals surface area contributed by atoms with E-state index in [1.807, 2.05) is 6.07 Å². The van der Waals surface area contributed by atoms with Crippen molar-refractivity contribution in [2.24, 2.45) is 5.92 Å². The summed E-state index contributed by atoms with van der Waals surface area (Å²) >= 11 is 0. The van der Waals surface area contributed by atoms with Crippen molar-refractivity contribution in [2.45, 2.75) is 44.7 Å². The summed E-state index contributed by atoms with van der Waals surface area (Å²) in [5, 5.41) is 13.6. The van der Waals surface area contributed by atoms with Crippen LogP contribution < -0.4 is 10.6 Å². The zero-order chi connectivity index (χ0) is 17.2. The second-order valence-corrected chi connectivity index (χ2v) is 7.01. The van der Waals surface area contributed by atoms with E-state index < -0.39 is 0 Å². The molecule has 1 aliphatic heterocycles. The average molecular weight is 379 g/mol. The maximum atomic E-state index is 13.7. The van der Waals surface area contributed by atoms with E-state index in [9.17, 15) is 9.18 Å². The third kappa shape index (κ3) is 3.76. The molecule has 1 unspecified atom stereocenters. The lowest BCUT2D eigenvalue weighted by Crippen LogP contribution is -2.34. The number of halogens is 2. The molecule has 140 valence electrons. The Morgan fingerprint density at radius 3 is 2.88 bits per heavy atom. The molecule has 4 rings (SSSR count). The fourth-order valence-corrected chi connectivity index (χ4v) is 4.09. The van der Waals surface area contributed by atoms with Gasteiger partial charge in [0, 0.05) is 30.8 Å². The van der Waals surface area contributed by atoms with Crippen molar-refractivity contribution < 1.29 is 9.18 Å². The minimum Gasteiger partial charge on any atom is -0.344 e. The highest BCUT2D eigenvalue weighted by molar-refractivity contribution is 5.94. The van der Waals surface area contributed by atoms with Gasteiger partial charge in [0.1, 0.15) is 5.82 Å². The van der Waals surface area contributed by atoms with Crippen LogP contribution >= 0.6 is 12.4 Å². The quantitative estimate of drug-likeness (QED) is 0.764. The van der Waals surface area contributed by atoms with Gasteiger partial charge in [0.25, 0.3) is 5.91 Å². The summed E-state index contributed by atoms with van der Waals surface area (Å²) in [6, 6.07) is 6.40. The Hall–Kier alpha value is -1.92. The molecule has 3 N–H and O–H groups in total. The number of benzene rings is 1. The minimum atomic E-state index is -0.268. The second-order valence-electron chi connectivity index (χ2n) is 7.01. The number of fused-ring (bicyclic) bond motifs is 1. The highest BCUT2D eigenvalue weighted by atomic mass is 35.5. The van der Waals surface area contributed by atoms with Gasteiger partial charge in [-0.05, 0) is 36.5 Å². The van der Waals surface area contributed by atoms with Crippen molar-refractivity contribution in [2.75, 3.05) is 6.54 Å². The number of carbonyl (C=O) groups is 1. The van der Waals surface area contributed by atoms with Crippen molar-refractivity contribution in [3.63, 3.8) is 0 Å². The number of aromatic amines is 1. The molecule has 0 saturated heterocycles. The Balaban J connectivity index is 0.00000196. The van der Waals surface area contributed by atoms with Crippen LogP contribution in [-0.2, 0) is 13.0 Å². The van der Waals surface area contributed by atoms with Gasteiger partial charge in [-0.3, -0.25) is 9.89 Å². The van der Waals surface area contributed by atoms with Crippen molar-refractivity contribution in [1.82, 2.24) is 20.8 Å². The van der Waals surface area contributed by atoms with E-state index in [1.54, 1.807) is 6.07 Å². The van der Waals surface area contributed by atoms with Gasteiger partial charge in [-0.2, -0.15) is 5.10 Å². The number of nitrogens with one attached hydrogen (secondary N) is 3. The molecule has 2 heterocycles. The first-order valence-electron chi connectivity index (χ1n) is 9.05. The van der Waals surface area contributed by atoms with Crippen LogP contribution in [0.25, 0.3) is 0 Å². The van der Waals surface area contributed by atoms with E-state index >= 15 is 0 Å². The minimum absolute atomic E-state index is 0. The van der Waals surface area contributed by atoms with Gasteiger partial charge in [-0.1, -0.05) is 25.0 Å². The molecule has 0 spiro atoms. The second kappa shape index (κ2) is 8.18. The molecular weight excluding hydrogens is 355 g/mol. The van der Waals surface area contributed by atoms with Gasteiger partial charge in [-0.25, -0.2) is 4.39 Å². The van der Waals surface area contributed by atoms with E-state index in [1.165, 1.54) is 12.1 Å². The zero-order valence-corrected chi connectivity index (χ0v) is 15.4. The fourth-order valence-electron chi connectivity index (χ4n) is 4.09. The number of nitrogens with zero attached hydrogens (tertiary/aromatic N) is 1. The van der Waals surface area contributed by atoms with Crippen LogP contribution in [0.3, 0.4) is 0 Å². The van der Waals surface area contributed by atoms with Gasteiger partial charge in [0.2, 0.25) is 0 Å². The summed E-state index contributed by atoms with van der Waals surface area (Å²) in [6.07, 6.45) is 5.29. The maximum absolute atomic E-state index is 13.7. The molecule has 0 bridgehead atoms. The number of rotatable bonds is 4. The SMILES string of the molecule is Cl.O=C(NC(c1cccc(F)c1)C1CCCC1)c1n[nH]c2c1CNCC2. The molecule has 1 aromatic heterocycles. The highest BCUT2D eigenvalue weighted by Gasteiger charge is 2.30. The van der Waals surface area contributed by atoms with Gasteiger partial charge >= 0.3 is 0 Å². The Kier molecular flexibility index (Phi) is 5.94. The van der Waals surface area contributed by atoms with Crippen molar-refractivity contribution >= 4 is 18.3 Å². The van der Waals surface area contributed by atoms with Gasteiger partial charge in [-0.15, -0.1) is 12.4 Å². The van der Waals surface area contributed by atoms with Crippen molar-refractivity contribution in [3.8, 4) is 0 Å². The molecule has 7 heteroatoms. The van der Waals surface area contributed by atoms with Crippen LogP contribution in [0.5, 0.6) is 0 Å². The van der Waals surface area contributed by atoms with E-state index in [4.69, 9.17) is 0 Å². The summed E-state index contributed by atoms with van der Waals surface area (Å²) in [5.41, 5.74) is 3.28. The molecule has 2 aromatic rings. The monoisotopic (exact) mass is 378 g/mol. The molecule has 5 nitrogen and oxygen atoms in total. The van der Waals surface area contributed by atoms with Crippen molar-refractivity contribution in [1.29, 1.82) is 0 Å². The van der Waals surface area contributed by atoms with Gasteiger partial charge in [0.05, 0.1) is 6.04 Å². The predicted molar refractivity (Wildman–Crippen MR) is 99.8 cm³/mol. The lowest BCUT2D eigenvalue weighted by molar-refractivity contribution is 0.0915. The first-order valence-corrected chi connectivity index (χ1v) is 9.05. The fraction of sp³-hybridized carbons (Fsp3) is 0.474. The molecular formula is C19H24ClFN4O. The highest BCUT2D eigenvalue weighted by Crippen LogP contribution is 2.36. The maximum Gasteiger partial charge on any atom is 0.272 e. The standard InChI is InChI=1S/C19H23FN4O.ClH/c20-14-7-3-6-13(10-14)17(12-4-1-2-5-12)22-19(25)18-15-11-21-9-8-16(15)23-24-18;/h3,6-7,10,12,17,21H,1-2,4-5,8-9,11H2,(H,22,25)(H,23,24);1H. The smallest absolute Gasteiger partial charge is 0.272 e. The summed E-state index contributed by atoms with van der Waals surface area (Å²) < 4.78 is 13.7. The number of carbonyl (C=O) groups excluding carboxylic acids is 1. The Morgan fingerprint density at radius 1 is 1.31 bits per heavy atom. The first-order chi connectivity index (χ1) is 12.2. The summed E-state index contributed by atoms with van der Waals surface area (Å²) in [6.45, 7) is 1.55. The van der Waals surface area contributed by atoms with Crippen molar-refractivity contribution in [3.05, 3.63) is 52.6 Å². The third-order valence-corrected chi connectivity index (χ3v) is 5.39. The molecule has 1 atom stereocenters. The molecule has 26 heavy (non-hydrogen) atoms. The van der Waals surface area contributed by atoms with Crippen LogP contribution in [0.4, 0.5) is 4.39 Å². The molecule has 1 aliphatic carbocycles. The molecule has 1 fully saturated rings. The lowest BCUT2D eigenvalue weighted by Gasteiger charge is -2.25. The lowest BCUT2D eigenvalue weighted by atomic mass is 9.91. The number of hydrogen-bond donors (Lipinski definition) is 3. The topological polar surface area (TPSA) is 69.8 Å². The summed E-state index contributed by atoms with van der Waals surface area (Å²) in [4.78, 5) is 12.9. The van der Waals surface area contributed by atoms with Crippen LogP contribution in [0.1, 0.15) is 59.0 Å². The molecule has 1 amide bonds. The van der Waals surface area contributed by atoms with E-state index in [0.29, 0.717) is 18.2 Å². The average Bonchev–Trinajstić information content (AvgIpc) is 3.29. The summed E-state index contributed by atoms with van der Waals surface area (Å²) in [7, 11) is 0. The third-order valence-electron chi connectivity index (χ3n) is 5.39. The first kappa shape index (κ1) is 18.9. The van der Waals surface area contributed by atoms with Gasteiger partial charge in [0.15, 0.2) is 5.69 Å². The number of amides is 1. The molecule has 0 radical (unpaired) electrons. The van der Waals surface area contributed by atoms with E-state index in [-0.39, 0.29) is 30.2 Å². The predicted octanol–water partition coefficient (Wildman–Crippen LogP) is 3.28. The molecule has 1 saturated carbocycles.